The number of fused-ring (bicyclic) bond motifs is 2. The molecule has 8 heteroatoms. The van der Waals surface area contributed by atoms with E-state index in [2.05, 4.69) is 43.5 Å². The van der Waals surface area contributed by atoms with Gasteiger partial charge in [0.15, 0.2) is 5.82 Å². The zero-order valence-corrected chi connectivity index (χ0v) is 25.3. The molecular formula is C32H46FN7. The molecule has 1 aromatic carbocycles. The predicted octanol–water partition coefficient (Wildman–Crippen LogP) is 7.83. The van der Waals surface area contributed by atoms with Crippen LogP contribution in [0.1, 0.15) is 79.7 Å². The number of halogens is 1. The summed E-state index contributed by atoms with van der Waals surface area (Å²) in [7, 11) is 0. The summed E-state index contributed by atoms with van der Waals surface area (Å²) in [4.78, 5) is 20.3. The Morgan fingerprint density at radius 1 is 0.900 bits per heavy atom. The van der Waals surface area contributed by atoms with Crippen molar-refractivity contribution in [3.8, 4) is 11.3 Å². The summed E-state index contributed by atoms with van der Waals surface area (Å²) in [6.45, 7) is 18.0. The lowest BCUT2D eigenvalue weighted by atomic mass is 9.76. The third-order valence-electron chi connectivity index (χ3n) is 7.44. The van der Waals surface area contributed by atoms with Gasteiger partial charge < -0.3 is 15.5 Å². The molecule has 1 saturated carbocycles. The zero-order chi connectivity index (χ0) is 29.1. The Morgan fingerprint density at radius 3 is 2.25 bits per heavy atom. The molecule has 4 heterocycles. The standard InChI is InChI=1S/C26H28FN7.3C2H6/c1-17-26(8-2-3-9-26)20-14-18(4-6-22(20)31-17)24-21(27)16-30-25(33-24)32-23-7-5-19(15-29-23)34-12-10-28-11-13-34;3*1-2/h4-7,14-16,28H,2-3,8-13H2,1H3,(H,29,30,32,33);3*1-2H3. The van der Waals surface area contributed by atoms with E-state index in [1.54, 1.807) is 0 Å². The van der Waals surface area contributed by atoms with Gasteiger partial charge in [0.25, 0.3) is 0 Å². The molecule has 1 saturated heterocycles. The van der Waals surface area contributed by atoms with Gasteiger partial charge in [0.2, 0.25) is 5.95 Å². The highest BCUT2D eigenvalue weighted by atomic mass is 19.1. The quantitative estimate of drug-likeness (QED) is 0.347. The van der Waals surface area contributed by atoms with E-state index in [1.807, 2.05) is 72.0 Å². The number of anilines is 3. The zero-order valence-electron chi connectivity index (χ0n) is 25.3. The summed E-state index contributed by atoms with van der Waals surface area (Å²) in [5.41, 5.74) is 5.52. The van der Waals surface area contributed by atoms with Gasteiger partial charge in [-0.2, -0.15) is 0 Å². The van der Waals surface area contributed by atoms with Gasteiger partial charge >= 0.3 is 0 Å². The topological polar surface area (TPSA) is 78.3 Å². The van der Waals surface area contributed by atoms with Gasteiger partial charge in [-0.1, -0.05) is 60.5 Å². The molecule has 2 aliphatic heterocycles. The van der Waals surface area contributed by atoms with Crippen LogP contribution in [0.2, 0.25) is 0 Å². The number of pyridine rings is 1. The van der Waals surface area contributed by atoms with Crippen LogP contribution in [0.25, 0.3) is 11.3 Å². The molecule has 3 aliphatic rings. The molecule has 2 fully saturated rings. The van der Waals surface area contributed by atoms with Gasteiger partial charge in [-0.3, -0.25) is 4.99 Å². The van der Waals surface area contributed by atoms with Crippen LogP contribution in [0.5, 0.6) is 0 Å². The summed E-state index contributed by atoms with van der Waals surface area (Å²) in [5.74, 6) is 0.505. The molecule has 1 aliphatic carbocycles. The Labute approximate surface area is 239 Å². The predicted molar refractivity (Wildman–Crippen MR) is 167 cm³/mol. The summed E-state index contributed by atoms with van der Waals surface area (Å²) in [6.07, 6.45) is 7.68. The van der Waals surface area contributed by atoms with E-state index in [0.29, 0.717) is 11.8 Å². The third kappa shape index (κ3) is 6.49. The van der Waals surface area contributed by atoms with E-state index < -0.39 is 5.82 Å². The molecule has 40 heavy (non-hydrogen) atoms. The van der Waals surface area contributed by atoms with Gasteiger partial charge in [-0.25, -0.2) is 19.3 Å². The third-order valence-corrected chi connectivity index (χ3v) is 7.44. The molecular weight excluding hydrogens is 501 g/mol. The van der Waals surface area contributed by atoms with Crippen molar-refractivity contribution in [1.29, 1.82) is 0 Å². The SMILES string of the molecule is CC.CC.CC.CC1=Nc2ccc(-c3nc(Nc4ccc(N5CCNCC5)cn4)ncc3F)cc2C12CCCC2. The number of aromatic nitrogens is 3. The number of nitrogens with one attached hydrogen (secondary N) is 2. The summed E-state index contributed by atoms with van der Waals surface area (Å²) in [5, 5.41) is 6.48. The Balaban J connectivity index is 0.000000691. The van der Waals surface area contributed by atoms with Crippen LogP contribution in [0.15, 0.2) is 47.7 Å². The Morgan fingerprint density at radius 2 is 1.60 bits per heavy atom. The van der Waals surface area contributed by atoms with Crippen LogP contribution in [-0.4, -0.2) is 46.8 Å². The average molecular weight is 548 g/mol. The fourth-order valence-corrected chi connectivity index (χ4v) is 5.57. The maximum Gasteiger partial charge on any atom is 0.229 e. The first-order valence-electron chi connectivity index (χ1n) is 15.0. The number of hydrogen-bond donors (Lipinski definition) is 2. The van der Waals surface area contributed by atoms with Crippen molar-refractivity contribution < 1.29 is 4.39 Å². The first-order chi connectivity index (χ1) is 19.6. The van der Waals surface area contributed by atoms with Gasteiger partial charge in [0.1, 0.15) is 11.5 Å². The van der Waals surface area contributed by atoms with Crippen LogP contribution < -0.4 is 15.5 Å². The minimum atomic E-state index is -0.441. The fraction of sp³-hybridized carbons (Fsp3) is 0.500. The van der Waals surface area contributed by atoms with Gasteiger partial charge in [-0.05, 0) is 49.6 Å². The van der Waals surface area contributed by atoms with Crippen LogP contribution in [0.3, 0.4) is 0 Å². The van der Waals surface area contributed by atoms with E-state index in [0.717, 1.165) is 56.0 Å². The van der Waals surface area contributed by atoms with Crippen LogP contribution in [-0.2, 0) is 5.41 Å². The van der Waals surface area contributed by atoms with E-state index in [1.165, 1.54) is 30.3 Å². The molecule has 0 amide bonds. The lowest BCUT2D eigenvalue weighted by molar-refractivity contribution is 0.589. The van der Waals surface area contributed by atoms with E-state index in [4.69, 9.17) is 4.99 Å². The number of hydrogen-bond acceptors (Lipinski definition) is 7. The minimum Gasteiger partial charge on any atom is -0.368 e. The largest absolute Gasteiger partial charge is 0.368 e. The van der Waals surface area contributed by atoms with Crippen LogP contribution in [0, 0.1) is 5.82 Å². The monoisotopic (exact) mass is 547 g/mol. The molecule has 2 N–H and O–H groups in total. The molecule has 0 atom stereocenters. The molecule has 3 aromatic rings. The Kier molecular flexibility index (Phi) is 11.6. The molecule has 2 aromatic heterocycles. The summed E-state index contributed by atoms with van der Waals surface area (Å²) >= 11 is 0. The highest BCUT2D eigenvalue weighted by Gasteiger charge is 2.43. The van der Waals surface area contributed by atoms with Crippen LogP contribution >= 0.6 is 0 Å². The number of benzene rings is 1. The fourth-order valence-electron chi connectivity index (χ4n) is 5.57. The first kappa shape index (κ1) is 31.1. The highest BCUT2D eigenvalue weighted by molar-refractivity contribution is 6.01. The molecule has 216 valence electrons. The van der Waals surface area contributed by atoms with Crippen LogP contribution in [0.4, 0.5) is 27.5 Å². The second kappa shape index (κ2) is 14.8. The molecule has 7 nitrogen and oxygen atoms in total. The molecule has 6 rings (SSSR count). The average Bonchev–Trinajstić information content (AvgIpc) is 3.63. The Bertz CT molecular complexity index is 1240. The lowest BCUT2D eigenvalue weighted by Crippen LogP contribution is -2.43. The lowest BCUT2D eigenvalue weighted by Gasteiger charge is -2.29. The molecule has 0 bridgehead atoms. The molecule has 0 radical (unpaired) electrons. The van der Waals surface area contributed by atoms with E-state index >= 15 is 0 Å². The molecule has 0 unspecified atom stereocenters. The number of aliphatic imine (C=N–C) groups is 1. The van der Waals surface area contributed by atoms with Crippen molar-refractivity contribution in [2.75, 3.05) is 36.4 Å². The minimum absolute atomic E-state index is 0.00597. The summed E-state index contributed by atoms with van der Waals surface area (Å²) in [6, 6.07) is 9.92. The van der Waals surface area contributed by atoms with Gasteiger partial charge in [-0.15, -0.1) is 0 Å². The second-order valence-corrected chi connectivity index (χ2v) is 9.37. The summed E-state index contributed by atoms with van der Waals surface area (Å²) < 4.78 is 14.8. The number of piperazine rings is 1. The highest BCUT2D eigenvalue weighted by Crippen LogP contribution is 2.51. The maximum atomic E-state index is 14.8. The van der Waals surface area contributed by atoms with Crippen molar-refractivity contribution >= 4 is 28.9 Å². The maximum absolute atomic E-state index is 14.8. The van der Waals surface area contributed by atoms with E-state index in [-0.39, 0.29) is 11.1 Å². The second-order valence-electron chi connectivity index (χ2n) is 9.37. The van der Waals surface area contributed by atoms with Crippen molar-refractivity contribution in [3.63, 3.8) is 0 Å². The number of rotatable bonds is 4. The van der Waals surface area contributed by atoms with Crippen molar-refractivity contribution in [2.24, 2.45) is 4.99 Å². The normalized spacial score (nSPS) is 16.4. The van der Waals surface area contributed by atoms with E-state index in [9.17, 15) is 4.39 Å². The van der Waals surface area contributed by atoms with Gasteiger partial charge in [0, 0.05) is 42.9 Å². The van der Waals surface area contributed by atoms with Crippen molar-refractivity contribution in [1.82, 2.24) is 20.3 Å². The first-order valence-corrected chi connectivity index (χ1v) is 15.0. The van der Waals surface area contributed by atoms with Crippen molar-refractivity contribution in [2.45, 2.75) is 79.6 Å². The number of nitrogens with zero attached hydrogens (tertiary/aromatic N) is 5. The molecule has 1 spiro atoms. The van der Waals surface area contributed by atoms with Crippen molar-refractivity contribution in [3.05, 3.63) is 54.1 Å². The van der Waals surface area contributed by atoms with Gasteiger partial charge in [0.05, 0.1) is 23.8 Å². The smallest absolute Gasteiger partial charge is 0.229 e. The Hall–Kier alpha value is -3.39.